The minimum Gasteiger partial charge on any atom is -0.208 e. The molecule has 7 heteroatoms. The largest absolute Gasteiger partial charge is 0.242 e. The van der Waals surface area contributed by atoms with Gasteiger partial charge in [0.2, 0.25) is 10.0 Å². The maximum Gasteiger partial charge on any atom is 0.242 e. The van der Waals surface area contributed by atoms with E-state index in [0.29, 0.717) is 14.6 Å². The molecule has 0 saturated heterocycles. The second kappa shape index (κ2) is 5.28. The van der Waals surface area contributed by atoms with Crippen LogP contribution in [0.2, 0.25) is 0 Å². The molecule has 0 radical (unpaired) electrons. The Bertz CT molecular complexity index is 512. The first-order valence-corrected chi connectivity index (χ1v) is 9.24. The molecular weight excluding hydrogens is 390 g/mol. The van der Waals surface area contributed by atoms with Crippen LogP contribution in [0.3, 0.4) is 0 Å². The van der Waals surface area contributed by atoms with Crippen LogP contribution in [0, 0.1) is 5.92 Å². The molecule has 1 heterocycles. The number of hydrogen-bond acceptors (Lipinski definition) is 3. The van der Waals surface area contributed by atoms with E-state index < -0.39 is 10.0 Å². The predicted molar refractivity (Wildman–Crippen MR) is 76.8 cm³/mol. The van der Waals surface area contributed by atoms with E-state index in [1.165, 1.54) is 11.3 Å². The van der Waals surface area contributed by atoms with Gasteiger partial charge in [-0.15, -0.1) is 11.3 Å². The third-order valence-corrected chi connectivity index (χ3v) is 7.21. The summed E-state index contributed by atoms with van der Waals surface area (Å²) in [5, 5.41) is 0. The van der Waals surface area contributed by atoms with Gasteiger partial charge in [0, 0.05) is 6.04 Å². The Labute approximate surface area is 122 Å². The van der Waals surface area contributed by atoms with E-state index in [1.54, 1.807) is 6.07 Å². The summed E-state index contributed by atoms with van der Waals surface area (Å²) in [7, 11) is -3.39. The Morgan fingerprint density at radius 2 is 2.12 bits per heavy atom. The lowest BCUT2D eigenvalue weighted by atomic mass is 10.1. The molecule has 1 aliphatic rings. The van der Waals surface area contributed by atoms with Gasteiger partial charge in [-0.05, 0) is 63.1 Å². The van der Waals surface area contributed by atoms with Crippen molar-refractivity contribution in [3.8, 4) is 0 Å². The van der Waals surface area contributed by atoms with E-state index in [1.807, 2.05) is 0 Å². The van der Waals surface area contributed by atoms with Crippen molar-refractivity contribution in [2.24, 2.45) is 5.92 Å². The molecule has 0 aliphatic heterocycles. The van der Waals surface area contributed by atoms with Gasteiger partial charge in [-0.2, -0.15) is 0 Å². The monoisotopic (exact) mass is 401 g/mol. The van der Waals surface area contributed by atoms with Crippen molar-refractivity contribution in [2.45, 2.75) is 37.1 Å². The zero-order valence-corrected chi connectivity index (χ0v) is 14.0. The highest BCUT2D eigenvalue weighted by atomic mass is 79.9. The molecule has 1 aliphatic carbocycles. The van der Waals surface area contributed by atoms with Crippen LogP contribution in [-0.4, -0.2) is 14.5 Å². The quantitative estimate of drug-likeness (QED) is 0.836. The van der Waals surface area contributed by atoms with Crippen molar-refractivity contribution in [3.63, 3.8) is 0 Å². The number of halogens is 2. The lowest BCUT2D eigenvalue weighted by Crippen LogP contribution is -2.32. The molecule has 0 aromatic carbocycles. The van der Waals surface area contributed by atoms with Gasteiger partial charge in [0.05, 0.1) is 7.57 Å². The van der Waals surface area contributed by atoms with Gasteiger partial charge < -0.3 is 0 Å². The summed E-state index contributed by atoms with van der Waals surface area (Å²) in [6.07, 6.45) is 2.97. The van der Waals surface area contributed by atoms with E-state index in [4.69, 9.17) is 0 Å². The molecule has 2 unspecified atom stereocenters. The molecule has 1 aromatic rings. The van der Waals surface area contributed by atoms with Gasteiger partial charge in [-0.25, -0.2) is 13.1 Å². The zero-order valence-electron chi connectivity index (χ0n) is 9.24. The fourth-order valence-electron chi connectivity index (χ4n) is 2.11. The Hall–Kier alpha value is 0.570. The SMILES string of the molecule is CC1CCC(NS(=O)(=O)c2cc(Br)sc2Br)C1. The molecule has 0 bridgehead atoms. The van der Waals surface area contributed by atoms with E-state index in [-0.39, 0.29) is 6.04 Å². The highest BCUT2D eigenvalue weighted by molar-refractivity contribution is 9.12. The average molecular weight is 403 g/mol. The molecule has 17 heavy (non-hydrogen) atoms. The van der Waals surface area contributed by atoms with Gasteiger partial charge in [-0.1, -0.05) is 6.92 Å². The summed E-state index contributed by atoms with van der Waals surface area (Å²) in [6.45, 7) is 2.16. The first kappa shape index (κ1) is 14.0. The summed E-state index contributed by atoms with van der Waals surface area (Å²) < 4.78 is 28.6. The number of nitrogens with one attached hydrogen (secondary N) is 1. The normalized spacial score (nSPS) is 25.4. The van der Waals surface area contributed by atoms with Crippen LogP contribution in [0.5, 0.6) is 0 Å². The molecule has 1 fully saturated rings. The van der Waals surface area contributed by atoms with Crippen LogP contribution in [0.25, 0.3) is 0 Å². The second-order valence-corrected chi connectivity index (χ2v) is 9.86. The fourth-order valence-corrected chi connectivity index (χ4v) is 7.20. The predicted octanol–water partition coefficient (Wildman–Crippen LogP) is 3.74. The summed E-state index contributed by atoms with van der Waals surface area (Å²) >= 11 is 7.95. The van der Waals surface area contributed by atoms with Crippen molar-refractivity contribution < 1.29 is 8.42 Å². The highest BCUT2D eigenvalue weighted by Gasteiger charge is 2.28. The molecule has 3 nitrogen and oxygen atoms in total. The lowest BCUT2D eigenvalue weighted by Gasteiger charge is -2.12. The first-order valence-electron chi connectivity index (χ1n) is 5.35. The number of hydrogen-bond donors (Lipinski definition) is 1. The molecule has 0 spiro atoms. The van der Waals surface area contributed by atoms with Crippen molar-refractivity contribution in [1.29, 1.82) is 0 Å². The van der Waals surface area contributed by atoms with Crippen molar-refractivity contribution in [2.75, 3.05) is 0 Å². The molecule has 0 amide bonds. The van der Waals surface area contributed by atoms with Crippen LogP contribution in [0.4, 0.5) is 0 Å². The average Bonchev–Trinajstić information content (AvgIpc) is 2.72. The van der Waals surface area contributed by atoms with E-state index in [9.17, 15) is 8.42 Å². The van der Waals surface area contributed by atoms with Crippen LogP contribution in [0.15, 0.2) is 18.5 Å². The number of sulfonamides is 1. The maximum absolute atomic E-state index is 12.2. The first-order chi connectivity index (χ1) is 7.88. The molecule has 2 rings (SSSR count). The third kappa shape index (κ3) is 3.32. The molecule has 1 N–H and O–H groups in total. The summed E-state index contributed by atoms with van der Waals surface area (Å²) in [4.78, 5) is 0.328. The standard InChI is InChI=1S/C10H13Br2NO2S2/c1-6-2-3-7(4-6)13-17(14,15)8-5-9(11)16-10(8)12/h5-7,13H,2-4H2,1H3. The summed E-state index contributed by atoms with van der Waals surface area (Å²) in [6, 6.07) is 1.72. The van der Waals surface area contributed by atoms with Crippen LogP contribution >= 0.6 is 43.2 Å². The second-order valence-electron chi connectivity index (χ2n) is 4.42. The van der Waals surface area contributed by atoms with E-state index >= 15 is 0 Å². The smallest absolute Gasteiger partial charge is 0.208 e. The Morgan fingerprint density at radius 3 is 2.59 bits per heavy atom. The van der Waals surface area contributed by atoms with E-state index in [0.717, 1.165) is 23.0 Å². The highest BCUT2D eigenvalue weighted by Crippen LogP contribution is 2.35. The Balaban J connectivity index is 2.17. The fraction of sp³-hybridized carbons (Fsp3) is 0.600. The Kier molecular flexibility index (Phi) is 4.35. The number of rotatable bonds is 3. The molecule has 1 saturated carbocycles. The Morgan fingerprint density at radius 1 is 1.41 bits per heavy atom. The van der Waals surface area contributed by atoms with Crippen LogP contribution < -0.4 is 4.72 Å². The van der Waals surface area contributed by atoms with Gasteiger partial charge in [0.15, 0.2) is 0 Å². The van der Waals surface area contributed by atoms with Gasteiger partial charge in [-0.3, -0.25) is 0 Å². The minimum absolute atomic E-state index is 0.0839. The summed E-state index contributed by atoms with van der Waals surface area (Å²) in [5.41, 5.74) is 0. The van der Waals surface area contributed by atoms with Crippen molar-refractivity contribution in [3.05, 3.63) is 13.6 Å². The molecule has 1 aromatic heterocycles. The van der Waals surface area contributed by atoms with Gasteiger partial charge >= 0.3 is 0 Å². The third-order valence-electron chi connectivity index (χ3n) is 2.93. The number of thiophene rings is 1. The molecule has 96 valence electrons. The van der Waals surface area contributed by atoms with Crippen molar-refractivity contribution in [1.82, 2.24) is 4.72 Å². The van der Waals surface area contributed by atoms with Crippen molar-refractivity contribution >= 4 is 53.2 Å². The van der Waals surface area contributed by atoms with E-state index in [2.05, 4.69) is 43.5 Å². The molecular formula is C10H13Br2NO2S2. The van der Waals surface area contributed by atoms with Gasteiger partial charge in [0.1, 0.15) is 4.90 Å². The van der Waals surface area contributed by atoms with Crippen LogP contribution in [-0.2, 0) is 10.0 Å². The van der Waals surface area contributed by atoms with Crippen LogP contribution in [0.1, 0.15) is 26.2 Å². The maximum atomic E-state index is 12.2. The minimum atomic E-state index is -3.39. The van der Waals surface area contributed by atoms with Gasteiger partial charge in [0.25, 0.3) is 0 Å². The zero-order chi connectivity index (χ0) is 12.6. The lowest BCUT2D eigenvalue weighted by molar-refractivity contribution is 0.538. The topological polar surface area (TPSA) is 46.2 Å². The molecule has 2 atom stereocenters. The summed E-state index contributed by atoms with van der Waals surface area (Å²) in [5.74, 6) is 0.611.